The zero-order chi connectivity index (χ0) is 12.9. The van der Waals surface area contributed by atoms with E-state index in [-0.39, 0.29) is 12.9 Å². The van der Waals surface area contributed by atoms with Crippen LogP contribution < -0.4 is 0 Å². The molecule has 0 amide bonds. The van der Waals surface area contributed by atoms with Gasteiger partial charge in [0, 0.05) is 20.5 Å². The van der Waals surface area contributed by atoms with Crippen LogP contribution in [0.4, 0.5) is 0 Å². The number of esters is 1. The highest BCUT2D eigenvalue weighted by Crippen LogP contribution is 2.35. The van der Waals surface area contributed by atoms with Crippen molar-refractivity contribution >= 4 is 5.97 Å². The van der Waals surface area contributed by atoms with Crippen LogP contribution in [0.2, 0.25) is 0 Å². The first-order valence-electron chi connectivity index (χ1n) is 5.51. The van der Waals surface area contributed by atoms with Gasteiger partial charge in [-0.1, -0.05) is 12.8 Å². The fourth-order valence-electron chi connectivity index (χ4n) is 1.87. The summed E-state index contributed by atoms with van der Waals surface area (Å²) in [4.78, 5) is 10.9. The summed E-state index contributed by atoms with van der Waals surface area (Å²) in [5.74, 6) is 2.20. The largest absolute Gasteiger partial charge is 0.436 e. The van der Waals surface area contributed by atoms with E-state index in [1.165, 1.54) is 14.0 Å². The maximum Gasteiger partial charge on any atom is 0.304 e. The summed E-state index contributed by atoms with van der Waals surface area (Å²) >= 11 is 0. The average Bonchev–Trinajstić information content (AvgIpc) is 2.64. The maximum atomic E-state index is 10.9. The van der Waals surface area contributed by atoms with E-state index in [4.69, 9.17) is 25.4 Å². The molecule has 1 rings (SSSR count). The van der Waals surface area contributed by atoms with Crippen molar-refractivity contribution in [1.29, 1.82) is 0 Å². The van der Waals surface area contributed by atoms with Gasteiger partial charge in [0.2, 0.25) is 6.29 Å². The first-order valence-corrected chi connectivity index (χ1v) is 5.51. The van der Waals surface area contributed by atoms with Gasteiger partial charge >= 0.3 is 5.97 Å². The van der Waals surface area contributed by atoms with Gasteiger partial charge in [-0.05, 0) is 6.42 Å². The number of carbonyl (C=O) groups excluding carboxylic acids is 1. The fraction of sp³-hybridized carbons (Fsp3) is 0.750. The number of rotatable bonds is 5. The first-order chi connectivity index (χ1) is 8.07. The van der Waals surface area contributed by atoms with Gasteiger partial charge in [0.05, 0.1) is 0 Å². The van der Waals surface area contributed by atoms with E-state index >= 15 is 0 Å². The number of carbonyl (C=O) groups is 1. The van der Waals surface area contributed by atoms with Crippen LogP contribution in [0, 0.1) is 12.3 Å². The number of hydrogen-bond acceptors (Lipinski definition) is 5. The highest BCUT2D eigenvalue weighted by molar-refractivity contribution is 5.66. The van der Waals surface area contributed by atoms with Gasteiger partial charge in [-0.2, -0.15) is 0 Å². The fourth-order valence-corrected chi connectivity index (χ4v) is 1.87. The van der Waals surface area contributed by atoms with Gasteiger partial charge in [0.25, 0.3) is 0 Å². The topological polar surface area (TPSA) is 54.0 Å². The van der Waals surface area contributed by atoms with Crippen molar-refractivity contribution in [2.24, 2.45) is 0 Å². The highest BCUT2D eigenvalue weighted by Gasteiger charge is 2.48. The molecule has 0 bridgehead atoms. The van der Waals surface area contributed by atoms with Crippen molar-refractivity contribution in [2.75, 3.05) is 13.9 Å². The Morgan fingerprint density at radius 1 is 1.65 bits per heavy atom. The Hall–Kier alpha value is -1.09. The first kappa shape index (κ1) is 14.0. The van der Waals surface area contributed by atoms with Gasteiger partial charge in [0.15, 0.2) is 5.60 Å². The maximum absolute atomic E-state index is 10.9. The Kier molecular flexibility index (Phi) is 4.94. The molecule has 17 heavy (non-hydrogen) atoms. The van der Waals surface area contributed by atoms with E-state index in [1.807, 2.05) is 6.92 Å². The lowest BCUT2D eigenvalue weighted by Gasteiger charge is -2.27. The molecule has 3 atom stereocenters. The molecule has 0 aliphatic carbocycles. The SMILES string of the molecule is C#C[C@]1(CC)OC(OC(C)=O)CC1OCOC. The van der Waals surface area contributed by atoms with Crippen LogP contribution in [0.5, 0.6) is 0 Å². The molecule has 0 saturated carbocycles. The molecular formula is C12H18O5. The summed E-state index contributed by atoms with van der Waals surface area (Å²) in [6, 6.07) is 0. The Bertz CT molecular complexity index is 309. The second-order valence-electron chi connectivity index (χ2n) is 3.84. The van der Waals surface area contributed by atoms with Gasteiger partial charge in [-0.3, -0.25) is 4.79 Å². The minimum Gasteiger partial charge on any atom is -0.436 e. The van der Waals surface area contributed by atoms with Gasteiger partial charge < -0.3 is 18.9 Å². The van der Waals surface area contributed by atoms with E-state index in [0.717, 1.165) is 0 Å². The van der Waals surface area contributed by atoms with E-state index < -0.39 is 17.9 Å². The zero-order valence-electron chi connectivity index (χ0n) is 10.4. The van der Waals surface area contributed by atoms with Crippen molar-refractivity contribution in [3.8, 4) is 12.3 Å². The van der Waals surface area contributed by atoms with Crippen molar-refractivity contribution < 1.29 is 23.7 Å². The molecule has 1 fully saturated rings. The molecule has 0 aromatic carbocycles. The third-order valence-electron chi connectivity index (χ3n) is 2.72. The summed E-state index contributed by atoms with van der Waals surface area (Å²) in [6.45, 7) is 3.36. The molecule has 1 aliphatic rings. The molecule has 1 aliphatic heterocycles. The second kappa shape index (κ2) is 6.01. The molecule has 0 spiro atoms. The van der Waals surface area contributed by atoms with Crippen LogP contribution in [0.15, 0.2) is 0 Å². The predicted octanol–water partition coefficient (Wildman–Crippen LogP) is 1.07. The monoisotopic (exact) mass is 242 g/mol. The molecular weight excluding hydrogens is 224 g/mol. The average molecular weight is 242 g/mol. The molecule has 0 N–H and O–H groups in total. The van der Waals surface area contributed by atoms with Crippen LogP contribution in [-0.4, -0.2) is 37.9 Å². The molecule has 2 unspecified atom stereocenters. The summed E-state index contributed by atoms with van der Waals surface area (Å²) in [7, 11) is 1.53. The third kappa shape index (κ3) is 3.19. The summed E-state index contributed by atoms with van der Waals surface area (Å²) in [6.07, 6.45) is 5.52. The molecule has 96 valence electrons. The molecule has 5 heteroatoms. The summed E-state index contributed by atoms with van der Waals surface area (Å²) in [5, 5.41) is 0. The molecule has 0 radical (unpaired) electrons. The van der Waals surface area contributed by atoms with Crippen molar-refractivity contribution in [2.45, 2.75) is 44.7 Å². The van der Waals surface area contributed by atoms with Gasteiger partial charge in [-0.15, -0.1) is 6.42 Å². The standard InChI is InChI=1S/C12H18O5/c1-5-12(6-2)10(15-8-14-4)7-11(17-12)16-9(3)13/h1,10-11H,6-8H2,2-4H3/t10?,11?,12-/m1/s1. The van der Waals surface area contributed by atoms with Crippen molar-refractivity contribution in [1.82, 2.24) is 0 Å². The van der Waals surface area contributed by atoms with Gasteiger partial charge in [0.1, 0.15) is 12.9 Å². The third-order valence-corrected chi connectivity index (χ3v) is 2.72. The quantitative estimate of drug-likeness (QED) is 0.410. The Morgan fingerprint density at radius 3 is 2.82 bits per heavy atom. The Labute approximate surface area is 101 Å². The number of hydrogen-bond donors (Lipinski definition) is 0. The van der Waals surface area contributed by atoms with Crippen LogP contribution in [0.25, 0.3) is 0 Å². The molecule has 5 nitrogen and oxygen atoms in total. The van der Waals surface area contributed by atoms with Crippen molar-refractivity contribution in [3.05, 3.63) is 0 Å². The summed E-state index contributed by atoms with van der Waals surface area (Å²) in [5.41, 5.74) is -0.849. The number of terminal acetylenes is 1. The Morgan fingerprint density at radius 2 is 2.35 bits per heavy atom. The van der Waals surface area contributed by atoms with Crippen LogP contribution in [0.3, 0.4) is 0 Å². The molecule has 0 aromatic rings. The molecule has 1 heterocycles. The highest BCUT2D eigenvalue weighted by atomic mass is 16.7. The Balaban J connectivity index is 2.72. The molecule has 1 saturated heterocycles. The van der Waals surface area contributed by atoms with Crippen molar-refractivity contribution in [3.63, 3.8) is 0 Å². The smallest absolute Gasteiger partial charge is 0.304 e. The van der Waals surface area contributed by atoms with E-state index in [1.54, 1.807) is 0 Å². The lowest BCUT2D eigenvalue weighted by atomic mass is 9.95. The minimum absolute atomic E-state index is 0.129. The van der Waals surface area contributed by atoms with E-state index in [2.05, 4.69) is 5.92 Å². The minimum atomic E-state index is -0.849. The van der Waals surface area contributed by atoms with Crippen LogP contribution in [-0.2, 0) is 23.7 Å². The zero-order valence-corrected chi connectivity index (χ0v) is 10.4. The normalized spacial score (nSPS) is 32.1. The van der Waals surface area contributed by atoms with E-state index in [0.29, 0.717) is 12.8 Å². The second-order valence-corrected chi connectivity index (χ2v) is 3.84. The lowest BCUT2D eigenvalue weighted by Crippen LogP contribution is -2.39. The van der Waals surface area contributed by atoms with Gasteiger partial charge in [-0.25, -0.2) is 0 Å². The van der Waals surface area contributed by atoms with E-state index in [9.17, 15) is 4.79 Å². The number of methoxy groups -OCH3 is 1. The lowest BCUT2D eigenvalue weighted by molar-refractivity contribution is -0.183. The summed E-state index contributed by atoms with van der Waals surface area (Å²) < 4.78 is 20.9. The number of ether oxygens (including phenoxy) is 4. The predicted molar refractivity (Wildman–Crippen MR) is 59.9 cm³/mol. The van der Waals surface area contributed by atoms with Crippen LogP contribution in [0.1, 0.15) is 26.7 Å². The molecule has 0 aromatic heterocycles. The van der Waals surface area contributed by atoms with Crippen LogP contribution >= 0.6 is 0 Å².